The summed E-state index contributed by atoms with van der Waals surface area (Å²) >= 11 is 0. The first kappa shape index (κ1) is 18.7. The molecule has 2 rings (SSSR count). The summed E-state index contributed by atoms with van der Waals surface area (Å²) in [7, 11) is 1.78. The van der Waals surface area contributed by atoms with Gasteiger partial charge in [-0.2, -0.15) is 0 Å². The molecule has 2 aliphatic carbocycles. The number of hydrogen-bond donors (Lipinski definition) is 2. The van der Waals surface area contributed by atoms with Crippen LogP contribution in [0.2, 0.25) is 0 Å². The maximum Gasteiger partial charge on any atom is 0.220 e. The van der Waals surface area contributed by atoms with Crippen molar-refractivity contribution in [2.24, 2.45) is 17.1 Å². The molecule has 4 nitrogen and oxygen atoms in total. The van der Waals surface area contributed by atoms with Crippen molar-refractivity contribution in [3.05, 3.63) is 0 Å². The fraction of sp³-hybridized carbons (Fsp3) is 0.938. The third kappa shape index (κ3) is 3.54. The molecule has 0 saturated heterocycles. The fourth-order valence-corrected chi connectivity index (χ4v) is 4.29. The molecule has 0 heterocycles. The van der Waals surface area contributed by atoms with Crippen LogP contribution in [0.25, 0.3) is 0 Å². The van der Waals surface area contributed by atoms with E-state index < -0.39 is 0 Å². The molecule has 4 atom stereocenters. The zero-order chi connectivity index (χ0) is 14.8. The molecule has 0 spiro atoms. The van der Waals surface area contributed by atoms with Gasteiger partial charge >= 0.3 is 0 Å². The highest BCUT2D eigenvalue weighted by Crippen LogP contribution is 2.48. The summed E-state index contributed by atoms with van der Waals surface area (Å²) in [5.41, 5.74) is 6.18. The van der Waals surface area contributed by atoms with Gasteiger partial charge < -0.3 is 15.8 Å². The van der Waals surface area contributed by atoms with Crippen molar-refractivity contribution in [3.63, 3.8) is 0 Å². The highest BCUT2D eigenvalue weighted by molar-refractivity contribution is 5.85. The average Bonchev–Trinajstić information content (AvgIpc) is 2.81. The van der Waals surface area contributed by atoms with E-state index in [0.29, 0.717) is 12.3 Å². The van der Waals surface area contributed by atoms with E-state index in [1.165, 1.54) is 6.42 Å². The Labute approximate surface area is 135 Å². The Kier molecular flexibility index (Phi) is 6.95. The summed E-state index contributed by atoms with van der Waals surface area (Å²) in [5, 5.41) is 3.25. The molecule has 2 saturated carbocycles. The molecular formula is C16H31ClN2O2. The number of rotatable bonds is 6. The monoisotopic (exact) mass is 318 g/mol. The highest BCUT2D eigenvalue weighted by atomic mass is 35.5. The first-order valence-corrected chi connectivity index (χ1v) is 8.15. The Balaban J connectivity index is 0.00000220. The second kappa shape index (κ2) is 7.80. The maximum absolute atomic E-state index is 12.3. The third-order valence-electron chi connectivity index (χ3n) is 5.89. The molecule has 2 fully saturated rings. The number of amides is 1. The molecule has 5 heteroatoms. The van der Waals surface area contributed by atoms with E-state index >= 15 is 0 Å². The summed E-state index contributed by atoms with van der Waals surface area (Å²) in [5.74, 6) is 0.559. The van der Waals surface area contributed by atoms with Crippen molar-refractivity contribution < 1.29 is 9.53 Å². The molecule has 0 aromatic carbocycles. The standard InChI is InChI=1S/C16H30N2O2.ClH/c1-4-16(5-2)13(10-14(16)20-3)18-15(19)9-11-7-6-8-12(11)17;/h11-14H,4-10,17H2,1-3H3,(H,18,19);1H/t11-,12+,13?,14?;/m0./s1. The van der Waals surface area contributed by atoms with E-state index in [1.54, 1.807) is 7.11 Å². The number of ether oxygens (including phenoxy) is 1. The first-order valence-electron chi connectivity index (χ1n) is 8.15. The van der Waals surface area contributed by atoms with Gasteiger partial charge in [0.15, 0.2) is 0 Å². The molecule has 0 radical (unpaired) electrons. The van der Waals surface area contributed by atoms with E-state index in [1.807, 2.05) is 0 Å². The van der Waals surface area contributed by atoms with Crippen LogP contribution in [0.5, 0.6) is 0 Å². The molecule has 0 aromatic heterocycles. The van der Waals surface area contributed by atoms with Crippen LogP contribution in [0.15, 0.2) is 0 Å². The molecule has 0 aromatic rings. The smallest absolute Gasteiger partial charge is 0.220 e. The lowest BCUT2D eigenvalue weighted by atomic mass is 9.58. The average molecular weight is 319 g/mol. The number of carbonyl (C=O) groups is 1. The first-order chi connectivity index (χ1) is 9.57. The normalized spacial score (nSPS) is 33.9. The van der Waals surface area contributed by atoms with E-state index in [9.17, 15) is 4.79 Å². The fourth-order valence-electron chi connectivity index (χ4n) is 4.29. The Morgan fingerprint density at radius 2 is 2.00 bits per heavy atom. The van der Waals surface area contributed by atoms with Crippen LogP contribution in [0.1, 0.15) is 58.8 Å². The van der Waals surface area contributed by atoms with Crippen LogP contribution in [0.3, 0.4) is 0 Å². The molecular weight excluding hydrogens is 288 g/mol. The SMILES string of the molecule is CCC1(CC)C(NC(=O)C[C@@H]2CCC[C@H]2N)CC1OC.Cl. The topological polar surface area (TPSA) is 64.4 Å². The maximum atomic E-state index is 12.3. The van der Waals surface area contributed by atoms with Crippen LogP contribution in [0.4, 0.5) is 0 Å². The van der Waals surface area contributed by atoms with Gasteiger partial charge in [0, 0.05) is 31.0 Å². The largest absolute Gasteiger partial charge is 0.381 e. The summed E-state index contributed by atoms with van der Waals surface area (Å²) in [4.78, 5) is 12.3. The molecule has 2 unspecified atom stereocenters. The van der Waals surface area contributed by atoms with E-state index in [4.69, 9.17) is 10.5 Å². The van der Waals surface area contributed by atoms with E-state index in [2.05, 4.69) is 19.2 Å². The van der Waals surface area contributed by atoms with Crippen LogP contribution in [-0.4, -0.2) is 31.2 Å². The Morgan fingerprint density at radius 1 is 1.33 bits per heavy atom. The minimum atomic E-state index is 0. The zero-order valence-corrected chi connectivity index (χ0v) is 14.4. The van der Waals surface area contributed by atoms with Crippen LogP contribution in [-0.2, 0) is 9.53 Å². The lowest BCUT2D eigenvalue weighted by molar-refractivity contribution is -0.142. The molecule has 0 aliphatic heterocycles. The van der Waals surface area contributed by atoms with Gasteiger partial charge in [0.05, 0.1) is 6.10 Å². The van der Waals surface area contributed by atoms with Crippen molar-refractivity contribution in [3.8, 4) is 0 Å². The van der Waals surface area contributed by atoms with Crippen molar-refractivity contribution >= 4 is 18.3 Å². The minimum absolute atomic E-state index is 0. The molecule has 124 valence electrons. The van der Waals surface area contributed by atoms with Gasteiger partial charge in [0.2, 0.25) is 5.91 Å². The molecule has 1 amide bonds. The number of hydrogen-bond acceptors (Lipinski definition) is 3. The summed E-state index contributed by atoms with van der Waals surface area (Å²) in [6.07, 6.45) is 7.28. The lowest BCUT2D eigenvalue weighted by Crippen LogP contribution is -2.64. The van der Waals surface area contributed by atoms with Gasteiger partial charge in [-0.15, -0.1) is 12.4 Å². The number of halogens is 1. The third-order valence-corrected chi connectivity index (χ3v) is 5.89. The van der Waals surface area contributed by atoms with E-state index in [0.717, 1.165) is 32.1 Å². The quantitative estimate of drug-likeness (QED) is 0.791. The number of carbonyl (C=O) groups excluding carboxylic acids is 1. The zero-order valence-electron chi connectivity index (χ0n) is 13.6. The number of nitrogens with one attached hydrogen (secondary N) is 1. The van der Waals surface area contributed by atoms with Gasteiger partial charge in [0.25, 0.3) is 0 Å². The van der Waals surface area contributed by atoms with Gasteiger partial charge in [-0.25, -0.2) is 0 Å². The molecule has 0 bridgehead atoms. The second-order valence-corrected chi connectivity index (χ2v) is 6.58. The van der Waals surface area contributed by atoms with Crippen molar-refractivity contribution in [1.29, 1.82) is 0 Å². The van der Waals surface area contributed by atoms with Gasteiger partial charge in [-0.3, -0.25) is 4.79 Å². The van der Waals surface area contributed by atoms with Gasteiger partial charge in [-0.05, 0) is 38.0 Å². The van der Waals surface area contributed by atoms with E-state index in [-0.39, 0.29) is 41.9 Å². The van der Waals surface area contributed by atoms with Gasteiger partial charge in [0.1, 0.15) is 0 Å². The summed E-state index contributed by atoms with van der Waals surface area (Å²) < 4.78 is 5.57. The molecule has 2 aliphatic rings. The lowest BCUT2D eigenvalue weighted by Gasteiger charge is -2.55. The summed E-state index contributed by atoms with van der Waals surface area (Å²) in [6, 6.07) is 0.489. The van der Waals surface area contributed by atoms with Crippen molar-refractivity contribution in [1.82, 2.24) is 5.32 Å². The Hall–Kier alpha value is -0.320. The predicted octanol–water partition coefficient (Wildman–Crippen LogP) is 2.64. The predicted molar refractivity (Wildman–Crippen MR) is 87.5 cm³/mol. The van der Waals surface area contributed by atoms with Crippen LogP contribution >= 0.6 is 12.4 Å². The van der Waals surface area contributed by atoms with Crippen LogP contribution in [0, 0.1) is 11.3 Å². The van der Waals surface area contributed by atoms with Crippen molar-refractivity contribution in [2.75, 3.05) is 7.11 Å². The Morgan fingerprint density at radius 3 is 2.48 bits per heavy atom. The molecule has 21 heavy (non-hydrogen) atoms. The molecule has 3 N–H and O–H groups in total. The van der Waals surface area contributed by atoms with Gasteiger partial charge in [-0.1, -0.05) is 20.3 Å². The Bertz CT molecular complexity index is 347. The second-order valence-electron chi connectivity index (χ2n) is 6.58. The summed E-state index contributed by atoms with van der Waals surface area (Å²) in [6.45, 7) is 4.39. The number of methoxy groups -OCH3 is 1. The highest BCUT2D eigenvalue weighted by Gasteiger charge is 2.53. The minimum Gasteiger partial charge on any atom is -0.381 e. The number of nitrogens with two attached hydrogens (primary N) is 1. The van der Waals surface area contributed by atoms with Crippen LogP contribution < -0.4 is 11.1 Å². The van der Waals surface area contributed by atoms with Crippen molar-refractivity contribution in [2.45, 2.75) is 77.0 Å².